The molecule has 32 heavy (non-hydrogen) atoms. The van der Waals surface area contributed by atoms with E-state index >= 15 is 0 Å². The highest BCUT2D eigenvalue weighted by Crippen LogP contribution is 2.31. The second-order valence-corrected chi connectivity index (χ2v) is 10.8. The maximum Gasteiger partial charge on any atom is 0.397 e. The Morgan fingerprint density at radius 2 is 1.31 bits per heavy atom. The number of rotatable bonds is 20. The number of hydrogen-bond donors (Lipinski definition) is 1. The van der Waals surface area contributed by atoms with Crippen molar-refractivity contribution in [2.75, 3.05) is 27.2 Å². The molecule has 0 saturated carbocycles. The molecule has 0 radical (unpaired) electrons. The molecule has 6 heteroatoms. The Morgan fingerprint density at radius 1 is 0.812 bits per heavy atom. The SMILES string of the molecule is CCCCCCCCCCCCCCC(c1ccccc1)[N+](C)(C)CCCOS(=O)(=O)O. The number of quaternary nitrogens is 1. The predicted octanol–water partition coefficient (Wildman–Crippen LogP) is 7.10. The molecule has 0 aromatic heterocycles. The van der Waals surface area contributed by atoms with Crippen molar-refractivity contribution in [3.05, 3.63) is 35.9 Å². The van der Waals surface area contributed by atoms with E-state index < -0.39 is 10.4 Å². The molecule has 0 bridgehead atoms. The van der Waals surface area contributed by atoms with Gasteiger partial charge in [0.15, 0.2) is 0 Å². The van der Waals surface area contributed by atoms with Crippen LogP contribution in [0, 0.1) is 0 Å². The normalized spacial score (nSPS) is 13.4. The minimum absolute atomic E-state index is 0.0145. The Bertz CT molecular complexity index is 676. The third-order valence-corrected chi connectivity index (χ3v) is 6.93. The van der Waals surface area contributed by atoms with Gasteiger partial charge in [0.2, 0.25) is 0 Å². The lowest BCUT2D eigenvalue weighted by atomic mass is 9.96. The van der Waals surface area contributed by atoms with Crippen molar-refractivity contribution in [3.63, 3.8) is 0 Å². The van der Waals surface area contributed by atoms with Crippen molar-refractivity contribution < 1.29 is 21.6 Å². The maximum atomic E-state index is 10.8. The van der Waals surface area contributed by atoms with Crippen LogP contribution >= 0.6 is 0 Å². The van der Waals surface area contributed by atoms with Crippen LogP contribution in [0.2, 0.25) is 0 Å². The molecule has 0 spiro atoms. The van der Waals surface area contributed by atoms with Gasteiger partial charge in [-0.1, -0.05) is 108 Å². The van der Waals surface area contributed by atoms with Gasteiger partial charge in [0.25, 0.3) is 0 Å². The first-order valence-corrected chi connectivity index (χ1v) is 14.1. The van der Waals surface area contributed by atoms with Crippen LogP contribution in [0.25, 0.3) is 0 Å². The average Bonchev–Trinajstić information content (AvgIpc) is 2.74. The first-order chi connectivity index (χ1) is 15.3. The highest BCUT2D eigenvalue weighted by molar-refractivity contribution is 7.80. The molecule has 5 nitrogen and oxygen atoms in total. The van der Waals surface area contributed by atoms with E-state index in [1.165, 1.54) is 82.6 Å². The van der Waals surface area contributed by atoms with Crippen LogP contribution in [0.5, 0.6) is 0 Å². The van der Waals surface area contributed by atoms with Crippen LogP contribution in [0.1, 0.15) is 108 Å². The monoisotopic (exact) mass is 470 g/mol. The zero-order valence-electron chi connectivity index (χ0n) is 20.8. The molecular weight excluding hydrogens is 422 g/mol. The Hall–Kier alpha value is -0.950. The van der Waals surface area contributed by atoms with E-state index in [2.05, 4.69) is 49.5 Å². The molecule has 0 heterocycles. The smallest absolute Gasteiger partial charge is 0.322 e. The van der Waals surface area contributed by atoms with E-state index in [1.54, 1.807) is 0 Å². The molecule has 0 aliphatic rings. The first-order valence-electron chi connectivity index (χ1n) is 12.8. The summed E-state index contributed by atoms with van der Waals surface area (Å²) in [4.78, 5) is 0. The van der Waals surface area contributed by atoms with E-state index in [-0.39, 0.29) is 6.61 Å². The topological polar surface area (TPSA) is 63.6 Å². The van der Waals surface area contributed by atoms with Crippen molar-refractivity contribution in [2.24, 2.45) is 0 Å². The molecule has 1 unspecified atom stereocenters. The first kappa shape index (κ1) is 29.1. The Kier molecular flexibility index (Phi) is 15.1. The minimum atomic E-state index is -4.36. The van der Waals surface area contributed by atoms with Crippen molar-refractivity contribution in [1.82, 2.24) is 0 Å². The number of benzene rings is 1. The van der Waals surface area contributed by atoms with Gasteiger partial charge in [-0.05, 0) is 6.42 Å². The summed E-state index contributed by atoms with van der Waals surface area (Å²) >= 11 is 0. The third-order valence-electron chi connectivity index (χ3n) is 6.47. The lowest BCUT2D eigenvalue weighted by molar-refractivity contribution is -0.921. The van der Waals surface area contributed by atoms with Crippen molar-refractivity contribution in [1.29, 1.82) is 0 Å². The average molecular weight is 471 g/mol. The summed E-state index contributed by atoms with van der Waals surface area (Å²) in [6.45, 7) is 3.07. The zero-order chi connectivity index (χ0) is 23.7. The van der Waals surface area contributed by atoms with Crippen LogP contribution in [0.4, 0.5) is 0 Å². The van der Waals surface area contributed by atoms with Crippen molar-refractivity contribution in [3.8, 4) is 0 Å². The van der Waals surface area contributed by atoms with E-state index in [4.69, 9.17) is 4.55 Å². The quantitative estimate of drug-likeness (QED) is 0.125. The molecule has 0 aliphatic carbocycles. The van der Waals surface area contributed by atoms with Gasteiger partial charge in [0, 0.05) is 18.4 Å². The molecule has 1 aromatic carbocycles. The van der Waals surface area contributed by atoms with Crippen molar-refractivity contribution in [2.45, 2.75) is 103 Å². The largest absolute Gasteiger partial charge is 0.397 e. The molecule has 0 aliphatic heterocycles. The Balaban J connectivity index is 2.34. The van der Waals surface area contributed by atoms with Gasteiger partial charge in [-0.15, -0.1) is 0 Å². The predicted molar refractivity (Wildman–Crippen MR) is 134 cm³/mol. The second-order valence-electron chi connectivity index (χ2n) is 9.71. The summed E-state index contributed by atoms with van der Waals surface area (Å²) in [5.74, 6) is 0. The summed E-state index contributed by atoms with van der Waals surface area (Å²) in [5, 5.41) is 0. The van der Waals surface area contributed by atoms with Crippen LogP contribution in [0.15, 0.2) is 30.3 Å². The number of hydrogen-bond acceptors (Lipinski definition) is 3. The molecule has 1 rings (SSSR count). The summed E-state index contributed by atoms with van der Waals surface area (Å²) in [7, 11) is 0.0441. The lowest BCUT2D eigenvalue weighted by Crippen LogP contribution is -2.44. The van der Waals surface area contributed by atoms with Gasteiger partial charge in [0.05, 0.1) is 27.2 Å². The van der Waals surface area contributed by atoms with E-state index in [1.807, 2.05) is 6.07 Å². The fraction of sp³-hybridized carbons (Fsp3) is 0.769. The summed E-state index contributed by atoms with van der Waals surface area (Å²) in [5.41, 5.74) is 1.33. The molecule has 1 atom stereocenters. The highest BCUT2D eigenvalue weighted by atomic mass is 32.3. The standard InChI is InChI=1S/C26H47NO4S/c1-4-5-6-7-8-9-10-11-12-13-14-18-22-26(25-20-16-15-17-21-25)27(2,3)23-19-24-31-32(28,29)30/h15-17,20-21,26H,4-14,18-19,22-24H2,1-3H3/p+1. The van der Waals surface area contributed by atoms with Gasteiger partial charge in [-0.25, -0.2) is 4.18 Å². The number of nitrogens with zero attached hydrogens (tertiary/aromatic N) is 1. The molecular formula is C26H48NO4S+. The fourth-order valence-electron chi connectivity index (χ4n) is 4.57. The van der Waals surface area contributed by atoms with E-state index in [0.29, 0.717) is 12.5 Å². The van der Waals surface area contributed by atoms with Gasteiger partial charge >= 0.3 is 10.4 Å². The molecule has 0 fully saturated rings. The maximum absolute atomic E-state index is 10.8. The van der Waals surface area contributed by atoms with Crippen molar-refractivity contribution >= 4 is 10.4 Å². The summed E-state index contributed by atoms with van der Waals surface area (Å²) < 4.78 is 35.6. The second kappa shape index (κ2) is 16.6. The zero-order valence-corrected chi connectivity index (χ0v) is 21.6. The molecule has 186 valence electrons. The van der Waals surface area contributed by atoms with Gasteiger partial charge in [-0.2, -0.15) is 8.42 Å². The van der Waals surface area contributed by atoms with E-state index in [9.17, 15) is 8.42 Å². The summed E-state index contributed by atoms with van der Waals surface area (Å²) in [6, 6.07) is 11.0. The minimum Gasteiger partial charge on any atom is -0.322 e. The van der Waals surface area contributed by atoms with Crippen LogP contribution < -0.4 is 0 Å². The Labute approximate surface area is 198 Å². The highest BCUT2D eigenvalue weighted by Gasteiger charge is 2.29. The van der Waals surface area contributed by atoms with Crippen LogP contribution in [-0.2, 0) is 14.6 Å². The van der Waals surface area contributed by atoms with Gasteiger partial charge in [-0.3, -0.25) is 4.55 Å². The fourth-order valence-corrected chi connectivity index (χ4v) is 4.89. The molecule has 1 aromatic rings. The van der Waals surface area contributed by atoms with Crippen LogP contribution in [0.3, 0.4) is 0 Å². The summed E-state index contributed by atoms with van der Waals surface area (Å²) in [6.07, 6.45) is 17.9. The molecule has 0 saturated heterocycles. The number of unbranched alkanes of at least 4 members (excludes halogenated alkanes) is 11. The third kappa shape index (κ3) is 14.2. The Morgan fingerprint density at radius 3 is 1.81 bits per heavy atom. The van der Waals surface area contributed by atoms with Gasteiger partial charge in [0.1, 0.15) is 6.04 Å². The lowest BCUT2D eigenvalue weighted by Gasteiger charge is -2.38. The molecule has 1 N–H and O–H groups in total. The van der Waals surface area contributed by atoms with E-state index in [0.717, 1.165) is 17.4 Å². The van der Waals surface area contributed by atoms with Gasteiger partial charge < -0.3 is 4.48 Å². The van der Waals surface area contributed by atoms with Crippen LogP contribution in [-0.4, -0.2) is 44.7 Å². The molecule has 0 amide bonds.